The summed E-state index contributed by atoms with van der Waals surface area (Å²) < 4.78 is 16.2. The Hall–Kier alpha value is -1.21. The Morgan fingerprint density at radius 3 is 2.58 bits per heavy atom. The number of carbonyl (C=O) groups is 1. The molecular weight excluding hydrogens is 379 g/mol. The molecule has 0 bridgehead atoms. The second-order valence-electron chi connectivity index (χ2n) is 6.19. The summed E-state index contributed by atoms with van der Waals surface area (Å²) in [6, 6.07) is 3.63. The number of piperidine rings is 1. The second kappa shape index (κ2) is 10.8. The molecule has 0 atom stereocenters. The zero-order valence-corrected chi connectivity index (χ0v) is 17.1. The molecule has 0 radical (unpaired) electrons. The molecule has 148 valence electrons. The quantitative estimate of drug-likeness (QED) is 0.694. The van der Waals surface area contributed by atoms with Crippen LogP contribution >= 0.6 is 24.0 Å². The first-order valence-electron chi connectivity index (χ1n) is 8.53. The van der Waals surface area contributed by atoms with Gasteiger partial charge in [0, 0.05) is 13.7 Å². The van der Waals surface area contributed by atoms with Crippen LogP contribution in [-0.4, -0.2) is 46.4 Å². The maximum Gasteiger partial charge on any atom is 0.228 e. The van der Waals surface area contributed by atoms with Crippen molar-refractivity contribution in [2.45, 2.75) is 26.3 Å². The molecule has 0 unspecified atom stereocenters. The van der Waals surface area contributed by atoms with Gasteiger partial charge in [-0.1, -0.05) is 11.6 Å². The van der Waals surface area contributed by atoms with Gasteiger partial charge in [0.2, 0.25) is 5.91 Å². The van der Waals surface area contributed by atoms with E-state index in [2.05, 4.69) is 10.6 Å². The molecule has 1 aromatic rings. The van der Waals surface area contributed by atoms with E-state index in [1.165, 1.54) is 0 Å². The van der Waals surface area contributed by atoms with Crippen molar-refractivity contribution >= 4 is 29.9 Å². The van der Waals surface area contributed by atoms with Crippen LogP contribution in [0.5, 0.6) is 11.5 Å². The van der Waals surface area contributed by atoms with Crippen molar-refractivity contribution in [3.8, 4) is 11.5 Å². The molecular formula is C18H28Cl2N2O4. The minimum Gasteiger partial charge on any atom is -0.493 e. The summed E-state index contributed by atoms with van der Waals surface area (Å²) in [5.74, 6) is 1.10. The topological polar surface area (TPSA) is 68.8 Å². The average molecular weight is 407 g/mol. The first-order chi connectivity index (χ1) is 12.1. The van der Waals surface area contributed by atoms with E-state index in [-0.39, 0.29) is 18.3 Å². The van der Waals surface area contributed by atoms with Crippen LogP contribution in [0.4, 0.5) is 0 Å². The fraction of sp³-hybridized carbons (Fsp3) is 0.611. The number of halogens is 2. The predicted octanol–water partition coefficient (Wildman–Crippen LogP) is 2.80. The van der Waals surface area contributed by atoms with Crippen molar-refractivity contribution < 1.29 is 19.0 Å². The molecule has 0 aliphatic carbocycles. The summed E-state index contributed by atoms with van der Waals surface area (Å²) >= 11 is 6.29. The van der Waals surface area contributed by atoms with Gasteiger partial charge in [0.05, 0.1) is 30.8 Å². The van der Waals surface area contributed by atoms with Gasteiger partial charge < -0.3 is 24.8 Å². The molecule has 26 heavy (non-hydrogen) atoms. The number of benzene rings is 1. The largest absolute Gasteiger partial charge is 0.493 e. The monoisotopic (exact) mass is 406 g/mol. The standard InChI is InChI=1S/C18H27ClN2O4.ClH/c1-4-25-16-14(19)9-13(10-15(16)24-3)11-21-17(22)18(12-23-2)5-7-20-8-6-18;/h9-10,20H,4-8,11-12H2,1-3H3,(H,21,22);1H. The van der Waals surface area contributed by atoms with Crippen LogP contribution in [0.1, 0.15) is 25.3 Å². The summed E-state index contributed by atoms with van der Waals surface area (Å²) in [5.41, 5.74) is 0.388. The van der Waals surface area contributed by atoms with Gasteiger partial charge in [0.25, 0.3) is 0 Å². The number of hydrogen-bond acceptors (Lipinski definition) is 5. The third kappa shape index (κ3) is 5.39. The lowest BCUT2D eigenvalue weighted by atomic mass is 9.78. The Bertz CT molecular complexity index is 587. The predicted molar refractivity (Wildman–Crippen MR) is 105 cm³/mol. The molecule has 8 heteroatoms. The Morgan fingerprint density at radius 1 is 1.31 bits per heavy atom. The lowest BCUT2D eigenvalue weighted by molar-refractivity contribution is -0.136. The van der Waals surface area contributed by atoms with E-state index in [0.29, 0.717) is 36.3 Å². The number of ether oxygens (including phenoxy) is 3. The molecule has 0 saturated carbocycles. The van der Waals surface area contributed by atoms with Gasteiger partial charge in [-0.25, -0.2) is 0 Å². The van der Waals surface area contributed by atoms with Gasteiger partial charge in [-0.05, 0) is 50.6 Å². The molecule has 1 aliphatic heterocycles. The number of methoxy groups -OCH3 is 2. The zero-order chi connectivity index (χ0) is 18.3. The lowest BCUT2D eigenvalue weighted by Crippen LogP contribution is -2.49. The van der Waals surface area contributed by atoms with E-state index in [9.17, 15) is 4.79 Å². The van der Waals surface area contributed by atoms with Gasteiger partial charge >= 0.3 is 0 Å². The number of carbonyl (C=O) groups excluding carboxylic acids is 1. The molecule has 0 aromatic heterocycles. The molecule has 1 heterocycles. The SMILES string of the molecule is CCOc1c(Cl)cc(CNC(=O)C2(COC)CCNCC2)cc1OC.Cl. The van der Waals surface area contributed by atoms with Crippen LogP contribution in [0.2, 0.25) is 5.02 Å². The third-order valence-corrected chi connectivity index (χ3v) is 4.77. The summed E-state index contributed by atoms with van der Waals surface area (Å²) in [4.78, 5) is 12.8. The summed E-state index contributed by atoms with van der Waals surface area (Å²) in [5, 5.41) is 6.78. The minimum atomic E-state index is -0.473. The third-order valence-electron chi connectivity index (χ3n) is 4.49. The van der Waals surface area contributed by atoms with Gasteiger partial charge in [-0.3, -0.25) is 4.79 Å². The minimum absolute atomic E-state index is 0. The van der Waals surface area contributed by atoms with E-state index in [1.807, 2.05) is 13.0 Å². The molecule has 6 nitrogen and oxygen atoms in total. The fourth-order valence-corrected chi connectivity index (χ4v) is 3.44. The van der Waals surface area contributed by atoms with E-state index in [1.54, 1.807) is 20.3 Å². The highest BCUT2D eigenvalue weighted by atomic mass is 35.5. The number of rotatable bonds is 8. The Balaban J connectivity index is 0.00000338. The van der Waals surface area contributed by atoms with E-state index >= 15 is 0 Å². The average Bonchev–Trinajstić information content (AvgIpc) is 2.62. The lowest BCUT2D eigenvalue weighted by Gasteiger charge is -2.35. The van der Waals surface area contributed by atoms with Gasteiger partial charge in [0.1, 0.15) is 0 Å². The van der Waals surface area contributed by atoms with Crippen LogP contribution in [0.3, 0.4) is 0 Å². The molecule has 2 rings (SSSR count). The van der Waals surface area contributed by atoms with Gasteiger partial charge in [-0.15, -0.1) is 12.4 Å². The van der Waals surface area contributed by atoms with Crippen LogP contribution in [-0.2, 0) is 16.1 Å². The molecule has 1 aromatic carbocycles. The fourth-order valence-electron chi connectivity index (χ4n) is 3.15. The van der Waals surface area contributed by atoms with Crippen LogP contribution in [0, 0.1) is 5.41 Å². The van der Waals surface area contributed by atoms with Crippen LogP contribution < -0.4 is 20.1 Å². The highest BCUT2D eigenvalue weighted by molar-refractivity contribution is 6.32. The van der Waals surface area contributed by atoms with Crippen molar-refractivity contribution in [1.29, 1.82) is 0 Å². The molecule has 1 amide bonds. The number of nitrogens with one attached hydrogen (secondary N) is 2. The summed E-state index contributed by atoms with van der Waals surface area (Å²) in [7, 11) is 3.20. The van der Waals surface area contributed by atoms with Crippen molar-refractivity contribution in [3.05, 3.63) is 22.7 Å². The van der Waals surface area contributed by atoms with E-state index in [0.717, 1.165) is 31.5 Å². The normalized spacial score (nSPS) is 15.7. The van der Waals surface area contributed by atoms with Crippen molar-refractivity contribution in [1.82, 2.24) is 10.6 Å². The first kappa shape index (κ1) is 22.8. The molecule has 1 saturated heterocycles. The Labute approximate surface area is 166 Å². The smallest absolute Gasteiger partial charge is 0.228 e. The van der Waals surface area contributed by atoms with E-state index in [4.69, 9.17) is 25.8 Å². The molecule has 2 N–H and O–H groups in total. The zero-order valence-electron chi connectivity index (χ0n) is 15.5. The second-order valence-corrected chi connectivity index (χ2v) is 6.60. The molecule has 0 spiro atoms. The maximum atomic E-state index is 12.8. The van der Waals surface area contributed by atoms with Crippen molar-refractivity contribution in [2.24, 2.45) is 5.41 Å². The maximum absolute atomic E-state index is 12.8. The van der Waals surface area contributed by atoms with Crippen LogP contribution in [0.25, 0.3) is 0 Å². The first-order valence-corrected chi connectivity index (χ1v) is 8.91. The Morgan fingerprint density at radius 2 is 2.00 bits per heavy atom. The van der Waals surface area contributed by atoms with Crippen molar-refractivity contribution in [3.63, 3.8) is 0 Å². The highest BCUT2D eigenvalue weighted by Gasteiger charge is 2.39. The van der Waals surface area contributed by atoms with Crippen molar-refractivity contribution in [2.75, 3.05) is 40.5 Å². The highest BCUT2D eigenvalue weighted by Crippen LogP contribution is 2.36. The Kier molecular flexibility index (Phi) is 9.50. The number of hydrogen-bond donors (Lipinski definition) is 2. The molecule has 1 fully saturated rings. The summed E-state index contributed by atoms with van der Waals surface area (Å²) in [6.45, 7) is 4.82. The van der Waals surface area contributed by atoms with Gasteiger partial charge in [-0.2, -0.15) is 0 Å². The van der Waals surface area contributed by atoms with Crippen LogP contribution in [0.15, 0.2) is 12.1 Å². The van der Waals surface area contributed by atoms with Gasteiger partial charge in [0.15, 0.2) is 11.5 Å². The molecule has 1 aliphatic rings. The summed E-state index contributed by atoms with van der Waals surface area (Å²) in [6.07, 6.45) is 1.53. The van der Waals surface area contributed by atoms with E-state index < -0.39 is 5.41 Å². The number of amides is 1.